The van der Waals surface area contributed by atoms with Crippen molar-refractivity contribution in [2.75, 3.05) is 13.1 Å². The second-order valence-electron chi connectivity index (χ2n) is 5.90. The van der Waals surface area contributed by atoms with E-state index < -0.39 is 43.2 Å². The molecule has 0 aliphatic carbocycles. The smallest absolute Gasteiger partial charge is 0.441 e. The number of carbonyl (C=O) groups is 2. The zero-order chi connectivity index (χ0) is 19.3. The summed E-state index contributed by atoms with van der Waals surface area (Å²) in [6.45, 7) is 2.97. The standard InChI is InChI=1S/C16H19BF2N2O5/c1-2-15(22)21-8-12(19)13(9-21)26-16(23)20-14(17(24)25)7-10-3-5-11(18)6-4-10/h2-6,12-14,24-25H,1,7-9H2,(H,20,23)/t12-,13-,14+/m1/s1. The molecule has 1 aliphatic rings. The minimum atomic E-state index is -1.91. The summed E-state index contributed by atoms with van der Waals surface area (Å²) in [4.78, 5) is 24.6. The number of nitrogens with one attached hydrogen (secondary N) is 1. The topological polar surface area (TPSA) is 99.1 Å². The predicted octanol–water partition coefficient (Wildman–Crippen LogP) is 0.210. The van der Waals surface area contributed by atoms with Gasteiger partial charge in [-0.05, 0) is 30.2 Å². The summed E-state index contributed by atoms with van der Waals surface area (Å²) in [6, 6.07) is 5.27. The van der Waals surface area contributed by atoms with E-state index in [0.717, 1.165) is 11.0 Å². The van der Waals surface area contributed by atoms with Gasteiger partial charge in [-0.15, -0.1) is 0 Å². The summed E-state index contributed by atoms with van der Waals surface area (Å²) in [7, 11) is -1.91. The van der Waals surface area contributed by atoms with E-state index in [1.807, 2.05) is 0 Å². The molecule has 1 aromatic carbocycles. The van der Waals surface area contributed by atoms with Gasteiger partial charge in [0.15, 0.2) is 12.3 Å². The van der Waals surface area contributed by atoms with E-state index in [0.29, 0.717) is 5.56 Å². The third-order valence-electron chi connectivity index (χ3n) is 3.98. The van der Waals surface area contributed by atoms with Crippen LogP contribution in [0.25, 0.3) is 0 Å². The molecule has 0 spiro atoms. The summed E-state index contributed by atoms with van der Waals surface area (Å²) in [6.07, 6.45) is -2.74. The van der Waals surface area contributed by atoms with Crippen LogP contribution in [0.2, 0.25) is 0 Å². The molecule has 1 fully saturated rings. The quantitative estimate of drug-likeness (QED) is 0.493. The first-order valence-corrected chi connectivity index (χ1v) is 7.93. The molecule has 0 bridgehead atoms. The van der Waals surface area contributed by atoms with Crippen LogP contribution in [0.15, 0.2) is 36.9 Å². The summed E-state index contributed by atoms with van der Waals surface area (Å²) in [5.74, 6) is -2.06. The number of rotatable bonds is 6. The van der Waals surface area contributed by atoms with Crippen LogP contribution in [0.3, 0.4) is 0 Å². The summed E-state index contributed by atoms with van der Waals surface area (Å²) >= 11 is 0. The normalized spacial score (nSPS) is 20.4. The van der Waals surface area contributed by atoms with E-state index in [1.54, 1.807) is 0 Å². The van der Waals surface area contributed by atoms with Gasteiger partial charge in [-0.2, -0.15) is 0 Å². The Labute approximate surface area is 149 Å². The van der Waals surface area contributed by atoms with Gasteiger partial charge in [0.25, 0.3) is 0 Å². The van der Waals surface area contributed by atoms with Gasteiger partial charge in [0.05, 0.1) is 19.0 Å². The van der Waals surface area contributed by atoms with Crippen LogP contribution in [0.1, 0.15) is 5.56 Å². The number of nitrogens with zero attached hydrogens (tertiary/aromatic N) is 1. The molecule has 2 rings (SSSR count). The largest absolute Gasteiger partial charge is 0.475 e. The van der Waals surface area contributed by atoms with Crippen molar-refractivity contribution in [2.24, 2.45) is 0 Å². The number of alkyl carbamates (subject to hydrolysis) is 1. The predicted molar refractivity (Wildman–Crippen MR) is 89.2 cm³/mol. The molecule has 1 aliphatic heterocycles. The lowest BCUT2D eigenvalue weighted by Gasteiger charge is -2.20. The molecule has 1 saturated heterocycles. The van der Waals surface area contributed by atoms with Crippen molar-refractivity contribution in [3.63, 3.8) is 0 Å². The average Bonchev–Trinajstić information content (AvgIpc) is 2.96. The molecular formula is C16H19BF2N2O5. The van der Waals surface area contributed by atoms with Crippen molar-refractivity contribution in [3.05, 3.63) is 48.3 Å². The van der Waals surface area contributed by atoms with Gasteiger partial charge in [0.2, 0.25) is 5.91 Å². The Morgan fingerprint density at radius 1 is 1.38 bits per heavy atom. The molecule has 7 nitrogen and oxygen atoms in total. The molecule has 0 unspecified atom stereocenters. The van der Waals surface area contributed by atoms with E-state index in [1.165, 1.54) is 24.3 Å². The van der Waals surface area contributed by atoms with Crippen LogP contribution in [0.5, 0.6) is 0 Å². The van der Waals surface area contributed by atoms with Crippen molar-refractivity contribution in [1.29, 1.82) is 0 Å². The average molecular weight is 368 g/mol. The van der Waals surface area contributed by atoms with Crippen molar-refractivity contribution in [3.8, 4) is 0 Å². The summed E-state index contributed by atoms with van der Waals surface area (Å²) in [5, 5.41) is 21.1. The van der Waals surface area contributed by atoms with Crippen molar-refractivity contribution < 1.29 is 33.2 Å². The highest BCUT2D eigenvalue weighted by Gasteiger charge is 2.38. The number of ether oxygens (including phenoxy) is 1. The molecule has 3 atom stereocenters. The fourth-order valence-electron chi connectivity index (χ4n) is 2.58. The number of amides is 2. The lowest BCUT2D eigenvalue weighted by molar-refractivity contribution is -0.125. The lowest BCUT2D eigenvalue weighted by Crippen LogP contribution is -2.49. The highest BCUT2D eigenvalue weighted by atomic mass is 19.1. The molecule has 10 heteroatoms. The van der Waals surface area contributed by atoms with Gasteiger partial charge in [-0.25, -0.2) is 13.6 Å². The number of hydrogen-bond donors (Lipinski definition) is 3. The molecule has 0 saturated carbocycles. The van der Waals surface area contributed by atoms with Crippen LogP contribution in [0.4, 0.5) is 13.6 Å². The third kappa shape index (κ3) is 5.27. The first kappa shape index (κ1) is 19.9. The monoisotopic (exact) mass is 368 g/mol. The molecule has 0 radical (unpaired) electrons. The Kier molecular flexibility index (Phi) is 6.70. The van der Waals surface area contributed by atoms with Gasteiger partial charge in [0.1, 0.15) is 5.82 Å². The van der Waals surface area contributed by atoms with Crippen molar-refractivity contribution >= 4 is 19.1 Å². The Balaban J connectivity index is 1.92. The molecule has 3 N–H and O–H groups in total. The Morgan fingerprint density at radius 2 is 2.04 bits per heavy atom. The molecule has 0 aromatic heterocycles. The van der Waals surface area contributed by atoms with Gasteiger partial charge < -0.3 is 25.0 Å². The van der Waals surface area contributed by atoms with E-state index >= 15 is 0 Å². The van der Waals surface area contributed by atoms with E-state index in [4.69, 9.17) is 4.74 Å². The lowest BCUT2D eigenvalue weighted by atomic mass is 9.76. The van der Waals surface area contributed by atoms with Gasteiger partial charge in [-0.1, -0.05) is 18.7 Å². The highest BCUT2D eigenvalue weighted by Crippen LogP contribution is 2.17. The van der Waals surface area contributed by atoms with Crippen LogP contribution in [-0.4, -0.2) is 65.4 Å². The maximum absolute atomic E-state index is 13.9. The molecule has 1 aromatic rings. The number of likely N-dealkylation sites (tertiary alicyclic amines) is 1. The summed E-state index contributed by atoms with van der Waals surface area (Å²) in [5.41, 5.74) is 0.553. The van der Waals surface area contributed by atoms with E-state index in [-0.39, 0.29) is 19.5 Å². The highest BCUT2D eigenvalue weighted by molar-refractivity contribution is 6.43. The first-order chi connectivity index (χ1) is 12.3. The maximum Gasteiger partial charge on any atom is 0.475 e. The first-order valence-electron chi connectivity index (χ1n) is 7.93. The van der Waals surface area contributed by atoms with Crippen LogP contribution in [0, 0.1) is 5.82 Å². The maximum atomic E-state index is 13.9. The third-order valence-corrected chi connectivity index (χ3v) is 3.98. The fraction of sp³-hybridized carbons (Fsp3) is 0.375. The SMILES string of the molecule is C=CC(=O)N1C[C@@H](F)[C@H](OC(=O)N[C@@H](Cc2ccc(F)cc2)B(O)O)C1. The second kappa shape index (κ2) is 8.77. The molecule has 140 valence electrons. The molecule has 1 heterocycles. The van der Waals surface area contributed by atoms with Crippen molar-refractivity contribution in [1.82, 2.24) is 10.2 Å². The van der Waals surface area contributed by atoms with Gasteiger partial charge in [-0.3, -0.25) is 4.79 Å². The number of alkyl halides is 1. The number of halogens is 2. The number of hydrogen-bond acceptors (Lipinski definition) is 5. The second-order valence-corrected chi connectivity index (χ2v) is 5.90. The summed E-state index contributed by atoms with van der Waals surface area (Å²) < 4.78 is 31.8. The zero-order valence-electron chi connectivity index (χ0n) is 13.8. The van der Waals surface area contributed by atoms with Crippen LogP contribution >= 0.6 is 0 Å². The Bertz CT molecular complexity index is 659. The molecule has 26 heavy (non-hydrogen) atoms. The Hall–Kier alpha value is -2.46. The van der Waals surface area contributed by atoms with E-state index in [9.17, 15) is 28.4 Å². The van der Waals surface area contributed by atoms with Gasteiger partial charge in [0, 0.05) is 0 Å². The fourth-order valence-corrected chi connectivity index (χ4v) is 2.58. The zero-order valence-corrected chi connectivity index (χ0v) is 13.8. The Morgan fingerprint density at radius 3 is 2.62 bits per heavy atom. The van der Waals surface area contributed by atoms with Crippen molar-refractivity contribution in [2.45, 2.75) is 24.6 Å². The molecular weight excluding hydrogens is 349 g/mol. The minimum Gasteiger partial charge on any atom is -0.441 e. The minimum absolute atomic E-state index is 0.00214. The van der Waals surface area contributed by atoms with Crippen LogP contribution in [-0.2, 0) is 16.0 Å². The van der Waals surface area contributed by atoms with Crippen LogP contribution < -0.4 is 5.32 Å². The van der Waals surface area contributed by atoms with Gasteiger partial charge >= 0.3 is 13.2 Å². The molecule has 2 amide bonds. The number of benzene rings is 1. The number of carbonyl (C=O) groups excluding carboxylic acids is 2. The van der Waals surface area contributed by atoms with E-state index in [2.05, 4.69) is 11.9 Å².